The molecule has 0 spiro atoms. The van der Waals surface area contributed by atoms with Crippen molar-refractivity contribution in [3.05, 3.63) is 58.1 Å². The first-order valence-corrected chi connectivity index (χ1v) is 8.18. The Kier molecular flexibility index (Phi) is 4.44. The van der Waals surface area contributed by atoms with E-state index in [1.807, 2.05) is 0 Å². The average molecular weight is 339 g/mol. The summed E-state index contributed by atoms with van der Waals surface area (Å²) in [5.41, 5.74) is 1.18. The lowest BCUT2D eigenvalue weighted by atomic mass is 10.1. The van der Waals surface area contributed by atoms with Crippen molar-refractivity contribution in [2.75, 3.05) is 4.72 Å². The van der Waals surface area contributed by atoms with Gasteiger partial charge in [-0.3, -0.25) is 4.72 Å². The Morgan fingerprint density at radius 1 is 1.14 bits per heavy atom. The third-order valence-electron chi connectivity index (χ3n) is 3.24. The number of anilines is 1. The van der Waals surface area contributed by atoms with Crippen molar-refractivity contribution in [1.82, 2.24) is 0 Å². The first-order valence-electron chi connectivity index (χ1n) is 6.31. The number of aryl methyl sites for hydroxylation is 1. The summed E-state index contributed by atoms with van der Waals surface area (Å²) in [5, 5.41) is 11.5. The smallest absolute Gasteiger partial charge is 0.262 e. The highest BCUT2D eigenvalue weighted by atomic mass is 35.5. The molecule has 5 nitrogen and oxygen atoms in total. The quantitative estimate of drug-likeness (QED) is 0.925. The van der Waals surface area contributed by atoms with Crippen LogP contribution in [0.2, 0.25) is 5.02 Å². The Labute approximate surface area is 133 Å². The number of carboxylic acid groups (broad SMARTS) is 1. The van der Waals surface area contributed by atoms with Crippen molar-refractivity contribution in [2.24, 2.45) is 0 Å². The van der Waals surface area contributed by atoms with Crippen LogP contribution in [0.1, 0.15) is 21.5 Å². The molecule has 116 valence electrons. The lowest BCUT2D eigenvalue weighted by Crippen LogP contribution is -2.23. The second kappa shape index (κ2) is 5.98. The van der Waals surface area contributed by atoms with Crippen molar-refractivity contribution >= 4 is 33.3 Å². The predicted molar refractivity (Wildman–Crippen MR) is 82.5 cm³/mol. The maximum absolute atomic E-state index is 12.5. The number of rotatable bonds is 4. The van der Waals surface area contributed by atoms with Gasteiger partial charge in [-0.05, 0) is 66.9 Å². The van der Waals surface area contributed by atoms with E-state index in [4.69, 9.17) is 11.6 Å². The molecular formula is C15H13ClNO4S-. The van der Waals surface area contributed by atoms with Gasteiger partial charge in [-0.15, -0.1) is 0 Å². The van der Waals surface area contributed by atoms with Crippen LogP contribution in [0.25, 0.3) is 0 Å². The van der Waals surface area contributed by atoms with E-state index >= 15 is 0 Å². The van der Waals surface area contributed by atoms with Crippen molar-refractivity contribution in [3.8, 4) is 0 Å². The molecule has 0 bridgehead atoms. The SMILES string of the molecule is Cc1cc(C(=O)[O-])cc(S(=O)(=O)Nc2ccc(Cl)cc2)c1C. The third kappa shape index (κ3) is 3.40. The predicted octanol–water partition coefficient (Wildman–Crippen LogP) is 2.12. The summed E-state index contributed by atoms with van der Waals surface area (Å²) in [5.74, 6) is -1.42. The summed E-state index contributed by atoms with van der Waals surface area (Å²) in [4.78, 5) is 10.9. The number of hydrogen-bond donors (Lipinski definition) is 1. The minimum absolute atomic E-state index is 0.0957. The summed E-state index contributed by atoms with van der Waals surface area (Å²) in [6.45, 7) is 3.26. The Morgan fingerprint density at radius 3 is 2.27 bits per heavy atom. The number of hydrogen-bond acceptors (Lipinski definition) is 4. The summed E-state index contributed by atoms with van der Waals surface area (Å²) in [7, 11) is -3.92. The summed E-state index contributed by atoms with van der Waals surface area (Å²) >= 11 is 5.75. The van der Waals surface area contributed by atoms with Crippen molar-refractivity contribution < 1.29 is 18.3 Å². The minimum atomic E-state index is -3.92. The van der Waals surface area contributed by atoms with Crippen LogP contribution in [0.5, 0.6) is 0 Å². The fraction of sp³-hybridized carbons (Fsp3) is 0.133. The molecule has 2 aromatic rings. The van der Waals surface area contributed by atoms with Gasteiger partial charge < -0.3 is 9.90 Å². The van der Waals surface area contributed by atoms with E-state index in [0.29, 0.717) is 21.8 Å². The van der Waals surface area contributed by atoms with Gasteiger partial charge in [0.2, 0.25) is 0 Å². The van der Waals surface area contributed by atoms with Gasteiger partial charge in [-0.1, -0.05) is 11.6 Å². The molecule has 0 saturated carbocycles. The van der Waals surface area contributed by atoms with Crippen LogP contribution < -0.4 is 9.83 Å². The highest BCUT2D eigenvalue weighted by Crippen LogP contribution is 2.24. The van der Waals surface area contributed by atoms with Crippen LogP contribution in [0, 0.1) is 13.8 Å². The fourth-order valence-electron chi connectivity index (χ4n) is 1.95. The van der Waals surface area contributed by atoms with Crippen molar-refractivity contribution in [2.45, 2.75) is 18.7 Å². The van der Waals surface area contributed by atoms with Crippen molar-refractivity contribution in [3.63, 3.8) is 0 Å². The zero-order valence-electron chi connectivity index (χ0n) is 11.9. The van der Waals surface area contributed by atoms with E-state index in [9.17, 15) is 18.3 Å². The van der Waals surface area contributed by atoms with E-state index < -0.39 is 16.0 Å². The van der Waals surface area contributed by atoms with Gasteiger partial charge in [0.25, 0.3) is 10.0 Å². The minimum Gasteiger partial charge on any atom is -0.545 e. The van der Waals surface area contributed by atoms with Gasteiger partial charge in [-0.2, -0.15) is 0 Å². The fourth-order valence-corrected chi connectivity index (χ4v) is 3.48. The molecule has 2 aromatic carbocycles. The van der Waals surface area contributed by atoms with Crippen LogP contribution in [0.3, 0.4) is 0 Å². The van der Waals surface area contributed by atoms with Crippen LogP contribution in [0.15, 0.2) is 41.3 Å². The number of carbonyl (C=O) groups is 1. The maximum atomic E-state index is 12.5. The second-order valence-corrected chi connectivity index (χ2v) is 6.90. The number of carboxylic acids is 1. The van der Waals surface area contributed by atoms with Crippen LogP contribution >= 0.6 is 11.6 Å². The van der Waals surface area contributed by atoms with E-state index in [1.165, 1.54) is 18.2 Å². The Hall–Kier alpha value is -2.05. The van der Waals surface area contributed by atoms with E-state index in [1.54, 1.807) is 26.0 Å². The van der Waals surface area contributed by atoms with Crippen LogP contribution in [-0.4, -0.2) is 14.4 Å². The van der Waals surface area contributed by atoms with Crippen LogP contribution in [0.4, 0.5) is 5.69 Å². The summed E-state index contributed by atoms with van der Waals surface area (Å²) < 4.78 is 27.4. The van der Waals surface area contributed by atoms with Crippen molar-refractivity contribution in [1.29, 1.82) is 0 Å². The number of benzene rings is 2. The molecule has 7 heteroatoms. The maximum Gasteiger partial charge on any atom is 0.262 e. The molecule has 0 fully saturated rings. The molecule has 0 aliphatic heterocycles. The normalized spacial score (nSPS) is 11.2. The number of sulfonamides is 1. The molecule has 0 aliphatic rings. The number of carbonyl (C=O) groups excluding carboxylic acids is 1. The number of nitrogens with one attached hydrogen (secondary N) is 1. The molecule has 0 unspecified atom stereocenters. The Balaban J connectivity index is 2.49. The molecule has 0 radical (unpaired) electrons. The molecule has 22 heavy (non-hydrogen) atoms. The largest absolute Gasteiger partial charge is 0.545 e. The van der Waals surface area contributed by atoms with Gasteiger partial charge in [0.05, 0.1) is 10.9 Å². The highest BCUT2D eigenvalue weighted by Gasteiger charge is 2.19. The van der Waals surface area contributed by atoms with Gasteiger partial charge >= 0.3 is 0 Å². The standard InChI is InChI=1S/C15H14ClNO4S/c1-9-7-11(15(18)19)8-14(10(9)2)22(20,21)17-13-5-3-12(16)4-6-13/h3-8,17H,1-2H3,(H,18,19)/p-1. The zero-order valence-corrected chi connectivity index (χ0v) is 13.5. The summed E-state index contributed by atoms with van der Waals surface area (Å²) in [6, 6.07) is 8.61. The molecular weight excluding hydrogens is 326 g/mol. The van der Waals surface area contributed by atoms with E-state index in [0.717, 1.165) is 6.07 Å². The molecule has 0 heterocycles. The summed E-state index contributed by atoms with van der Waals surface area (Å²) in [6.07, 6.45) is 0. The average Bonchev–Trinajstić information content (AvgIpc) is 2.43. The van der Waals surface area contributed by atoms with E-state index in [-0.39, 0.29) is 10.5 Å². The molecule has 2 rings (SSSR count). The molecule has 0 aliphatic carbocycles. The van der Waals surface area contributed by atoms with E-state index in [2.05, 4.69) is 4.72 Å². The Bertz CT molecular complexity index is 829. The second-order valence-electron chi connectivity index (χ2n) is 4.82. The first kappa shape index (κ1) is 16.3. The van der Waals surface area contributed by atoms with Gasteiger partial charge in [0.1, 0.15) is 0 Å². The molecule has 0 atom stereocenters. The van der Waals surface area contributed by atoms with Gasteiger partial charge in [-0.25, -0.2) is 8.42 Å². The zero-order chi connectivity index (χ0) is 16.5. The monoisotopic (exact) mass is 338 g/mol. The van der Waals surface area contributed by atoms with Gasteiger partial charge in [0.15, 0.2) is 0 Å². The highest BCUT2D eigenvalue weighted by molar-refractivity contribution is 7.92. The molecule has 0 amide bonds. The third-order valence-corrected chi connectivity index (χ3v) is 5.00. The lowest BCUT2D eigenvalue weighted by Gasteiger charge is -2.14. The number of aromatic carboxylic acids is 1. The lowest BCUT2D eigenvalue weighted by molar-refractivity contribution is -0.255. The molecule has 1 N–H and O–H groups in total. The van der Waals surface area contributed by atoms with Crippen LogP contribution in [-0.2, 0) is 10.0 Å². The van der Waals surface area contributed by atoms with Gasteiger partial charge in [0, 0.05) is 10.7 Å². The number of halogens is 1. The topological polar surface area (TPSA) is 86.3 Å². The first-order chi connectivity index (χ1) is 10.2. The Morgan fingerprint density at radius 2 is 1.73 bits per heavy atom. The molecule has 0 aromatic heterocycles. The molecule has 0 saturated heterocycles.